The van der Waals surface area contributed by atoms with Crippen LogP contribution >= 0.6 is 0 Å². The van der Waals surface area contributed by atoms with Gasteiger partial charge >= 0.3 is 0 Å². The molecule has 0 spiro atoms. The fourth-order valence-corrected chi connectivity index (χ4v) is 2.23. The molecular weight excluding hydrogens is 212 g/mol. The summed E-state index contributed by atoms with van der Waals surface area (Å²) in [6.45, 7) is 5.85. The molecule has 86 valence electrons. The molecule has 0 bridgehead atoms. The van der Waals surface area contributed by atoms with E-state index in [0.29, 0.717) is 0 Å². The van der Waals surface area contributed by atoms with Gasteiger partial charge in [-0.05, 0) is 37.5 Å². The monoisotopic (exact) mass is 226 g/mol. The second-order valence-corrected chi connectivity index (χ2v) is 4.38. The number of hydrogen-bond donors (Lipinski definition) is 0. The van der Waals surface area contributed by atoms with Gasteiger partial charge in [0.1, 0.15) is 11.6 Å². The average molecular weight is 226 g/mol. The summed E-state index contributed by atoms with van der Waals surface area (Å²) in [5, 5.41) is 10.0. The predicted molar refractivity (Wildman–Crippen MR) is 68.1 cm³/mol. The molecule has 3 nitrogen and oxygen atoms in total. The number of hydrogen-bond acceptors (Lipinski definition) is 2. The number of rotatable bonds is 0. The zero-order chi connectivity index (χ0) is 12.7. The highest BCUT2D eigenvalue weighted by Gasteiger charge is 2.13. The summed E-state index contributed by atoms with van der Waals surface area (Å²) in [6, 6.07) is 6.00. The van der Waals surface area contributed by atoms with Crippen molar-refractivity contribution in [1.82, 2.24) is 4.57 Å². The Hall–Kier alpha value is -2.08. The number of benzene rings is 1. The first kappa shape index (κ1) is 11.4. The van der Waals surface area contributed by atoms with Gasteiger partial charge in [-0.2, -0.15) is 5.26 Å². The van der Waals surface area contributed by atoms with Gasteiger partial charge in [-0.25, -0.2) is 0 Å². The molecule has 0 unspecified atom stereocenters. The first-order valence-corrected chi connectivity index (χ1v) is 5.48. The highest BCUT2D eigenvalue weighted by Crippen LogP contribution is 2.23. The van der Waals surface area contributed by atoms with E-state index in [1.54, 1.807) is 11.6 Å². The van der Waals surface area contributed by atoms with Crippen LogP contribution in [0.4, 0.5) is 0 Å². The van der Waals surface area contributed by atoms with Crippen molar-refractivity contribution in [2.75, 3.05) is 0 Å². The van der Waals surface area contributed by atoms with E-state index in [1.165, 1.54) is 0 Å². The van der Waals surface area contributed by atoms with Gasteiger partial charge in [0.05, 0.1) is 5.52 Å². The first-order chi connectivity index (χ1) is 7.99. The number of pyridine rings is 1. The van der Waals surface area contributed by atoms with Crippen LogP contribution in [0, 0.1) is 32.1 Å². The smallest absolute Gasteiger partial charge is 0.268 e. The largest absolute Gasteiger partial charge is 0.310 e. The fraction of sp³-hybridized carbons (Fsp3) is 0.286. The molecule has 0 aliphatic carbocycles. The van der Waals surface area contributed by atoms with Crippen molar-refractivity contribution >= 4 is 10.9 Å². The third kappa shape index (κ3) is 1.45. The number of nitriles is 1. The van der Waals surface area contributed by atoms with E-state index in [0.717, 1.165) is 27.6 Å². The summed E-state index contributed by atoms with van der Waals surface area (Å²) >= 11 is 0. The summed E-state index contributed by atoms with van der Waals surface area (Å²) in [6.07, 6.45) is 0. The van der Waals surface area contributed by atoms with Crippen LogP contribution in [0.2, 0.25) is 0 Å². The molecule has 0 atom stereocenters. The topological polar surface area (TPSA) is 45.8 Å². The van der Waals surface area contributed by atoms with Crippen molar-refractivity contribution < 1.29 is 0 Å². The molecule has 1 aromatic carbocycles. The van der Waals surface area contributed by atoms with Crippen LogP contribution in [0.1, 0.15) is 22.3 Å². The molecule has 1 aromatic heterocycles. The molecule has 3 heteroatoms. The van der Waals surface area contributed by atoms with E-state index in [4.69, 9.17) is 5.26 Å². The molecule has 0 saturated heterocycles. The maximum Gasteiger partial charge on any atom is 0.268 e. The Kier molecular flexibility index (Phi) is 2.51. The van der Waals surface area contributed by atoms with Gasteiger partial charge in [0, 0.05) is 12.4 Å². The molecule has 0 radical (unpaired) electrons. The Labute approximate surface area is 99.9 Å². The minimum atomic E-state index is -0.216. The molecule has 0 saturated carbocycles. The van der Waals surface area contributed by atoms with Gasteiger partial charge in [-0.15, -0.1) is 0 Å². The van der Waals surface area contributed by atoms with Crippen molar-refractivity contribution in [1.29, 1.82) is 5.26 Å². The SMILES string of the molecule is Cc1ccc2c(C)c(C#N)c(=O)n(C)c2c1C. The average Bonchev–Trinajstić information content (AvgIpc) is 2.30. The van der Waals surface area contributed by atoms with Gasteiger partial charge in [-0.3, -0.25) is 4.79 Å². The van der Waals surface area contributed by atoms with Crippen molar-refractivity contribution in [2.24, 2.45) is 7.05 Å². The Morgan fingerprint density at radius 3 is 2.41 bits per heavy atom. The van der Waals surface area contributed by atoms with E-state index in [9.17, 15) is 4.79 Å². The summed E-state index contributed by atoms with van der Waals surface area (Å²) in [5.41, 5.74) is 3.96. The second kappa shape index (κ2) is 3.74. The standard InChI is InChI=1S/C14H14N2O/c1-8-5-6-11-10(3)12(7-15)14(17)16(4)13(11)9(8)2/h5-6H,1-4H3. The summed E-state index contributed by atoms with van der Waals surface area (Å²) in [7, 11) is 1.72. The predicted octanol–water partition coefficient (Wildman–Crippen LogP) is 2.34. The van der Waals surface area contributed by atoms with Crippen molar-refractivity contribution in [3.8, 4) is 6.07 Å². The third-order valence-electron chi connectivity index (χ3n) is 3.45. The van der Waals surface area contributed by atoms with Crippen LogP contribution in [0.5, 0.6) is 0 Å². The van der Waals surface area contributed by atoms with Crippen LogP contribution < -0.4 is 5.56 Å². The molecule has 0 aliphatic rings. The molecule has 2 aromatic rings. The van der Waals surface area contributed by atoms with Crippen LogP contribution in [-0.4, -0.2) is 4.57 Å². The third-order valence-corrected chi connectivity index (χ3v) is 3.45. The summed E-state index contributed by atoms with van der Waals surface area (Å²) < 4.78 is 1.57. The Bertz CT molecular complexity index is 718. The van der Waals surface area contributed by atoms with Gasteiger partial charge < -0.3 is 4.57 Å². The molecule has 0 amide bonds. The van der Waals surface area contributed by atoms with E-state index >= 15 is 0 Å². The van der Waals surface area contributed by atoms with Gasteiger partial charge in [0.2, 0.25) is 0 Å². The van der Waals surface area contributed by atoms with Gasteiger partial charge in [0.25, 0.3) is 5.56 Å². The lowest BCUT2D eigenvalue weighted by molar-refractivity contribution is 0.892. The molecule has 0 aliphatic heterocycles. The number of nitrogens with zero attached hydrogens (tertiary/aromatic N) is 2. The Balaban J connectivity index is 3.17. The Morgan fingerprint density at radius 2 is 1.82 bits per heavy atom. The second-order valence-electron chi connectivity index (χ2n) is 4.38. The lowest BCUT2D eigenvalue weighted by Crippen LogP contribution is -2.22. The zero-order valence-electron chi connectivity index (χ0n) is 10.5. The highest BCUT2D eigenvalue weighted by atomic mass is 16.1. The number of fused-ring (bicyclic) bond motifs is 1. The Morgan fingerprint density at radius 1 is 1.18 bits per heavy atom. The van der Waals surface area contributed by atoms with Crippen LogP contribution in [0.3, 0.4) is 0 Å². The van der Waals surface area contributed by atoms with Gasteiger partial charge in [0.15, 0.2) is 0 Å². The molecule has 0 N–H and O–H groups in total. The zero-order valence-corrected chi connectivity index (χ0v) is 10.5. The normalized spacial score (nSPS) is 10.5. The van der Waals surface area contributed by atoms with Gasteiger partial charge in [-0.1, -0.05) is 12.1 Å². The fourth-order valence-electron chi connectivity index (χ4n) is 2.23. The van der Waals surface area contributed by atoms with Crippen LogP contribution in [0.25, 0.3) is 10.9 Å². The lowest BCUT2D eigenvalue weighted by atomic mass is 9.99. The van der Waals surface area contributed by atoms with Crippen LogP contribution in [0.15, 0.2) is 16.9 Å². The summed E-state index contributed by atoms with van der Waals surface area (Å²) in [4.78, 5) is 12.0. The van der Waals surface area contributed by atoms with E-state index in [1.807, 2.05) is 39.0 Å². The maximum absolute atomic E-state index is 12.0. The van der Waals surface area contributed by atoms with E-state index in [-0.39, 0.29) is 11.1 Å². The molecule has 17 heavy (non-hydrogen) atoms. The molecular formula is C14H14N2O. The number of aryl methyl sites for hydroxylation is 4. The number of aromatic nitrogens is 1. The molecule has 0 fully saturated rings. The van der Waals surface area contributed by atoms with Crippen molar-refractivity contribution in [3.63, 3.8) is 0 Å². The van der Waals surface area contributed by atoms with E-state index < -0.39 is 0 Å². The molecule has 2 rings (SSSR count). The quantitative estimate of drug-likeness (QED) is 0.692. The first-order valence-electron chi connectivity index (χ1n) is 5.48. The maximum atomic E-state index is 12.0. The molecule has 1 heterocycles. The van der Waals surface area contributed by atoms with E-state index in [2.05, 4.69) is 0 Å². The minimum absolute atomic E-state index is 0.216. The van der Waals surface area contributed by atoms with Crippen LogP contribution in [-0.2, 0) is 7.05 Å². The summed E-state index contributed by atoms with van der Waals surface area (Å²) in [5.74, 6) is 0. The van der Waals surface area contributed by atoms with Crippen molar-refractivity contribution in [3.05, 3.63) is 44.7 Å². The minimum Gasteiger partial charge on any atom is -0.310 e. The van der Waals surface area contributed by atoms with Crippen molar-refractivity contribution in [2.45, 2.75) is 20.8 Å². The highest BCUT2D eigenvalue weighted by molar-refractivity contribution is 5.87. The lowest BCUT2D eigenvalue weighted by Gasteiger charge is -2.13.